The Morgan fingerprint density at radius 1 is 1.11 bits per heavy atom. The van der Waals surface area contributed by atoms with E-state index in [4.69, 9.17) is 19.2 Å². The first kappa shape index (κ1) is 30.7. The number of nitrogens with zero attached hydrogens (tertiary/aromatic N) is 8. The number of methoxy groups -OCH3 is 1. The molecule has 4 saturated heterocycles. The maximum Gasteiger partial charge on any atom is 0.410 e. The molecule has 8 heterocycles. The van der Waals surface area contributed by atoms with Crippen molar-refractivity contribution in [2.24, 2.45) is 0 Å². The van der Waals surface area contributed by atoms with E-state index in [1.165, 1.54) is 23.1 Å². The molecule has 2 bridgehead atoms. The molecular formula is C34H37FN8O4. The van der Waals surface area contributed by atoms with Gasteiger partial charge in [-0.25, -0.2) is 23.7 Å². The Balaban J connectivity index is 1.03. The summed E-state index contributed by atoms with van der Waals surface area (Å²) in [6.07, 6.45) is 7.42. The number of anilines is 1. The van der Waals surface area contributed by atoms with Gasteiger partial charge in [0.05, 0.1) is 43.7 Å². The smallest absolute Gasteiger partial charge is 0.410 e. The molecule has 8 rings (SSSR count). The standard InChI is InChI=1S/C34H37FN8O4/c1-33(2,3)47-32(44)41-19-34(35,20-41)21-46-27-10-28(31-24(11-36)14-39-43(31)18-27)23-6-7-29(37-13-23)40-16-25-9-26(17-40)42(25)15-22-5-8-30(45-4)38-12-22/h5-8,10,12-14,18,25-26H,9,15-17,19-21H2,1-4H3. The zero-order valence-electron chi connectivity index (χ0n) is 26.9. The molecule has 0 aromatic carbocycles. The number of likely N-dealkylation sites (tertiary alicyclic amines) is 1. The molecule has 2 atom stereocenters. The van der Waals surface area contributed by atoms with E-state index < -0.39 is 17.4 Å². The van der Waals surface area contributed by atoms with E-state index in [-0.39, 0.29) is 19.7 Å². The third-order valence-corrected chi connectivity index (χ3v) is 8.90. The van der Waals surface area contributed by atoms with Crippen LogP contribution in [0.1, 0.15) is 38.3 Å². The lowest BCUT2D eigenvalue weighted by atomic mass is 9.87. The number of hydrogen-bond donors (Lipinski definition) is 0. The molecule has 47 heavy (non-hydrogen) atoms. The number of rotatable bonds is 8. The molecule has 1 amide bonds. The van der Waals surface area contributed by atoms with Gasteiger partial charge in [0.25, 0.3) is 0 Å². The van der Waals surface area contributed by atoms with Crippen molar-refractivity contribution in [3.05, 3.63) is 66.2 Å². The molecule has 4 fully saturated rings. The van der Waals surface area contributed by atoms with Gasteiger partial charge in [-0.05, 0) is 51.0 Å². The molecule has 4 aromatic heterocycles. The molecule has 12 nitrogen and oxygen atoms in total. The molecule has 2 unspecified atom stereocenters. The number of piperidine rings is 1. The van der Waals surface area contributed by atoms with Crippen LogP contribution in [0.2, 0.25) is 0 Å². The fraction of sp³-hybridized carbons (Fsp3) is 0.441. The van der Waals surface area contributed by atoms with Gasteiger partial charge in [0.2, 0.25) is 5.88 Å². The lowest BCUT2D eigenvalue weighted by Crippen LogP contribution is -2.68. The average molecular weight is 641 g/mol. The quantitative estimate of drug-likeness (QED) is 0.273. The monoisotopic (exact) mass is 640 g/mol. The van der Waals surface area contributed by atoms with Gasteiger partial charge in [-0.15, -0.1) is 0 Å². The van der Waals surface area contributed by atoms with E-state index in [2.05, 4.69) is 32.0 Å². The zero-order valence-corrected chi connectivity index (χ0v) is 26.9. The number of aromatic nitrogens is 4. The van der Waals surface area contributed by atoms with Gasteiger partial charge in [-0.3, -0.25) is 4.90 Å². The number of piperazine rings is 1. The van der Waals surface area contributed by atoms with E-state index >= 15 is 4.39 Å². The van der Waals surface area contributed by atoms with Crippen LogP contribution in [0, 0.1) is 11.3 Å². The number of ether oxygens (including phenoxy) is 3. The predicted octanol–water partition coefficient (Wildman–Crippen LogP) is 4.47. The summed E-state index contributed by atoms with van der Waals surface area (Å²) in [7, 11) is 1.62. The van der Waals surface area contributed by atoms with Crippen molar-refractivity contribution in [2.45, 2.75) is 57.1 Å². The van der Waals surface area contributed by atoms with Gasteiger partial charge in [-0.1, -0.05) is 6.07 Å². The van der Waals surface area contributed by atoms with E-state index in [0.29, 0.717) is 40.4 Å². The molecule has 0 spiro atoms. The minimum Gasteiger partial charge on any atom is -0.488 e. The van der Waals surface area contributed by atoms with Crippen LogP contribution in [0.15, 0.2) is 55.1 Å². The maximum atomic E-state index is 15.4. The first-order valence-electron chi connectivity index (χ1n) is 15.7. The molecule has 4 aliphatic rings. The van der Waals surface area contributed by atoms with Crippen LogP contribution in [-0.4, -0.2) is 98.7 Å². The number of fused-ring (bicyclic) bond motifs is 3. The van der Waals surface area contributed by atoms with Gasteiger partial charge in [-0.2, -0.15) is 10.4 Å². The van der Waals surface area contributed by atoms with E-state index in [0.717, 1.165) is 31.0 Å². The maximum absolute atomic E-state index is 15.4. The first-order chi connectivity index (χ1) is 22.5. The number of alkyl halides is 1. The van der Waals surface area contributed by atoms with Gasteiger partial charge in [0.15, 0.2) is 5.67 Å². The largest absolute Gasteiger partial charge is 0.488 e. The normalized spacial score (nSPS) is 20.3. The lowest BCUT2D eigenvalue weighted by Gasteiger charge is -2.56. The minimum absolute atomic E-state index is 0.114. The molecular weight excluding hydrogens is 603 g/mol. The van der Waals surface area contributed by atoms with Crippen LogP contribution >= 0.6 is 0 Å². The molecule has 13 heteroatoms. The highest BCUT2D eigenvalue weighted by atomic mass is 19.1. The van der Waals surface area contributed by atoms with Crippen molar-refractivity contribution in [1.29, 1.82) is 5.26 Å². The summed E-state index contributed by atoms with van der Waals surface area (Å²) in [6, 6.07) is 12.8. The van der Waals surface area contributed by atoms with Crippen molar-refractivity contribution in [3.63, 3.8) is 0 Å². The molecule has 0 radical (unpaired) electrons. The van der Waals surface area contributed by atoms with Crippen molar-refractivity contribution in [3.8, 4) is 28.8 Å². The summed E-state index contributed by atoms with van der Waals surface area (Å²) < 4.78 is 33.4. The second-order valence-electron chi connectivity index (χ2n) is 13.6. The highest BCUT2D eigenvalue weighted by Crippen LogP contribution is 2.37. The minimum atomic E-state index is -1.70. The van der Waals surface area contributed by atoms with Crippen molar-refractivity contribution >= 4 is 17.4 Å². The Hall–Kier alpha value is -4.96. The first-order valence-corrected chi connectivity index (χ1v) is 15.7. The predicted molar refractivity (Wildman–Crippen MR) is 171 cm³/mol. The number of hydrogen-bond acceptors (Lipinski definition) is 10. The van der Waals surface area contributed by atoms with Crippen LogP contribution in [-0.2, 0) is 11.3 Å². The summed E-state index contributed by atoms with van der Waals surface area (Å²) in [4.78, 5) is 27.6. The van der Waals surface area contributed by atoms with Crippen molar-refractivity contribution in [2.75, 3.05) is 44.8 Å². The van der Waals surface area contributed by atoms with Crippen LogP contribution < -0.4 is 14.4 Å². The third-order valence-electron chi connectivity index (χ3n) is 8.90. The number of carbonyl (C=O) groups excluding carboxylic acids is 1. The second-order valence-corrected chi connectivity index (χ2v) is 13.6. The highest BCUT2D eigenvalue weighted by Gasteiger charge is 2.48. The molecule has 0 N–H and O–H groups in total. The summed E-state index contributed by atoms with van der Waals surface area (Å²) in [5.41, 5.74) is 1.33. The zero-order chi connectivity index (χ0) is 32.9. The number of nitriles is 1. The Bertz CT molecular complexity index is 1810. The Kier molecular flexibility index (Phi) is 7.63. The summed E-state index contributed by atoms with van der Waals surface area (Å²) in [5, 5.41) is 14.1. The summed E-state index contributed by atoms with van der Waals surface area (Å²) >= 11 is 0. The van der Waals surface area contributed by atoms with Crippen molar-refractivity contribution < 1.29 is 23.4 Å². The molecule has 244 valence electrons. The Morgan fingerprint density at radius 2 is 1.89 bits per heavy atom. The number of amides is 1. The topological polar surface area (TPSA) is 121 Å². The lowest BCUT2D eigenvalue weighted by molar-refractivity contribution is -0.0686. The van der Waals surface area contributed by atoms with E-state index in [1.807, 2.05) is 24.4 Å². The molecule has 4 aliphatic heterocycles. The highest BCUT2D eigenvalue weighted by molar-refractivity contribution is 5.85. The molecule has 4 aromatic rings. The second kappa shape index (κ2) is 11.7. The summed E-state index contributed by atoms with van der Waals surface area (Å²) in [6.45, 7) is 7.47. The molecule has 0 aliphatic carbocycles. The van der Waals surface area contributed by atoms with Crippen LogP contribution in [0.4, 0.5) is 15.0 Å². The van der Waals surface area contributed by atoms with Gasteiger partial charge < -0.3 is 24.0 Å². The van der Waals surface area contributed by atoms with Crippen LogP contribution in [0.5, 0.6) is 11.6 Å². The molecule has 0 saturated carbocycles. The number of carbonyl (C=O) groups is 1. The Labute approximate surface area is 272 Å². The van der Waals surface area contributed by atoms with E-state index in [9.17, 15) is 10.1 Å². The van der Waals surface area contributed by atoms with Gasteiger partial charge >= 0.3 is 6.09 Å². The van der Waals surface area contributed by atoms with Crippen LogP contribution in [0.3, 0.4) is 0 Å². The Morgan fingerprint density at radius 3 is 2.53 bits per heavy atom. The fourth-order valence-corrected chi connectivity index (χ4v) is 6.58. The number of halogens is 1. The number of pyridine rings is 3. The fourth-order valence-electron chi connectivity index (χ4n) is 6.58. The van der Waals surface area contributed by atoms with Crippen LogP contribution in [0.25, 0.3) is 16.6 Å². The van der Waals surface area contributed by atoms with Crippen molar-refractivity contribution in [1.82, 2.24) is 29.4 Å². The third kappa shape index (κ3) is 6.13. The van der Waals surface area contributed by atoms with E-state index in [1.54, 1.807) is 50.9 Å². The van der Waals surface area contributed by atoms with Gasteiger partial charge in [0.1, 0.15) is 29.8 Å². The van der Waals surface area contributed by atoms with Gasteiger partial charge in [0, 0.05) is 61.3 Å². The SMILES string of the molecule is COc1ccc(CN2C3CC2CN(c2ccc(-c4cc(OCC5(F)CN(C(=O)OC(C)(C)C)C5)cn5ncc(C#N)c45)cn2)C3)cn1. The summed E-state index contributed by atoms with van der Waals surface area (Å²) in [5.74, 6) is 1.90. The average Bonchev–Trinajstić information content (AvgIpc) is 3.47.